The molecule has 0 radical (unpaired) electrons. The Morgan fingerprint density at radius 1 is 0.811 bits per heavy atom. The van der Waals surface area contributed by atoms with Gasteiger partial charge in [-0.25, -0.2) is 4.39 Å². The number of para-hydroxylation sites is 1. The second-order valence-corrected chi connectivity index (χ2v) is 11.3. The Bertz CT molecular complexity index is 1290. The van der Waals surface area contributed by atoms with Crippen molar-refractivity contribution >= 4 is 28.1 Å². The van der Waals surface area contributed by atoms with E-state index in [1.165, 1.54) is 31.2 Å². The van der Waals surface area contributed by atoms with E-state index in [0.29, 0.717) is 23.8 Å². The first kappa shape index (κ1) is 23.2. The van der Waals surface area contributed by atoms with Crippen LogP contribution in [0.15, 0.2) is 36.4 Å². The smallest absolute Gasteiger partial charge is 0.319 e. The molecule has 0 saturated carbocycles. The number of halogens is 1. The Balaban J connectivity index is 1.29. The van der Waals surface area contributed by atoms with Gasteiger partial charge in [0.05, 0.1) is 11.2 Å². The predicted octanol–water partition coefficient (Wildman–Crippen LogP) is 5.85. The number of benzene rings is 2. The van der Waals surface area contributed by atoms with Crippen LogP contribution in [-0.4, -0.2) is 59.7 Å². The van der Waals surface area contributed by atoms with E-state index in [0.717, 1.165) is 81.7 Å². The van der Waals surface area contributed by atoms with E-state index in [-0.39, 0.29) is 11.4 Å². The van der Waals surface area contributed by atoms with Gasteiger partial charge in [-0.05, 0) is 81.8 Å². The number of aromatic nitrogens is 2. The molecule has 37 heavy (non-hydrogen) atoms. The van der Waals surface area contributed by atoms with Gasteiger partial charge in [-0.2, -0.15) is 9.97 Å². The van der Waals surface area contributed by atoms with E-state index in [1.54, 1.807) is 0 Å². The van der Waals surface area contributed by atoms with E-state index in [1.807, 2.05) is 18.2 Å². The van der Waals surface area contributed by atoms with Crippen LogP contribution in [0.4, 0.5) is 21.6 Å². The molecule has 0 N–H and O–H groups in total. The largest absolute Gasteiger partial charge is 0.461 e. The summed E-state index contributed by atoms with van der Waals surface area (Å²) in [5.74, 6) is 0.542. The van der Waals surface area contributed by atoms with Crippen LogP contribution < -0.4 is 14.5 Å². The lowest BCUT2D eigenvalue weighted by atomic mass is 9.95. The first-order valence-electron chi connectivity index (χ1n) is 14.2. The highest BCUT2D eigenvalue weighted by molar-refractivity contribution is 5.93. The van der Waals surface area contributed by atoms with Gasteiger partial charge in [-0.3, -0.25) is 4.90 Å². The summed E-state index contributed by atoms with van der Waals surface area (Å²) in [5, 5.41) is 0.782. The van der Waals surface area contributed by atoms with Gasteiger partial charge in [0.1, 0.15) is 17.9 Å². The molecule has 3 aromatic rings. The molecule has 7 heteroatoms. The number of fused-ring (bicyclic) bond motifs is 3. The molecule has 0 amide bonds. The van der Waals surface area contributed by atoms with Crippen LogP contribution in [0.5, 0.6) is 6.01 Å². The molecule has 3 fully saturated rings. The molecule has 6 nitrogen and oxygen atoms in total. The molecule has 2 aromatic carbocycles. The third-order valence-corrected chi connectivity index (χ3v) is 9.11. The molecule has 194 valence electrons. The van der Waals surface area contributed by atoms with Gasteiger partial charge < -0.3 is 14.5 Å². The van der Waals surface area contributed by atoms with Gasteiger partial charge in [0.2, 0.25) is 0 Å². The number of anilines is 3. The van der Waals surface area contributed by atoms with E-state index < -0.39 is 0 Å². The van der Waals surface area contributed by atoms with Gasteiger partial charge in [0.25, 0.3) is 0 Å². The van der Waals surface area contributed by atoms with Crippen LogP contribution in [0.1, 0.15) is 56.9 Å². The van der Waals surface area contributed by atoms with E-state index in [2.05, 4.69) is 32.9 Å². The molecule has 3 saturated heterocycles. The minimum absolute atomic E-state index is 0.0980. The van der Waals surface area contributed by atoms with Gasteiger partial charge in [0.15, 0.2) is 5.82 Å². The summed E-state index contributed by atoms with van der Waals surface area (Å²) >= 11 is 0. The molecular formula is C30H36FN5O. The fourth-order valence-corrected chi connectivity index (χ4v) is 7.16. The highest BCUT2D eigenvalue weighted by Gasteiger charge is 2.45. The Morgan fingerprint density at radius 3 is 2.41 bits per heavy atom. The molecule has 4 aliphatic rings. The number of ether oxygens (including phenoxy) is 1. The maximum atomic E-state index is 16.4. The molecule has 7 rings (SSSR count). The number of hydrogen-bond acceptors (Lipinski definition) is 6. The van der Waals surface area contributed by atoms with Crippen molar-refractivity contribution in [3.05, 3.63) is 47.8 Å². The van der Waals surface area contributed by atoms with Crippen molar-refractivity contribution in [2.75, 3.05) is 49.1 Å². The SMILES string of the molecule is Fc1c(N2CCc3ccccc32)ccc2c(N3CCCCCC3)nc(OCC34CCCN3CCC4)nc12. The van der Waals surface area contributed by atoms with Crippen LogP contribution in [0.2, 0.25) is 0 Å². The zero-order valence-corrected chi connectivity index (χ0v) is 21.6. The quantitative estimate of drug-likeness (QED) is 0.437. The Morgan fingerprint density at radius 2 is 1.59 bits per heavy atom. The molecule has 0 unspecified atom stereocenters. The van der Waals surface area contributed by atoms with Crippen molar-refractivity contribution in [2.45, 2.75) is 63.3 Å². The summed E-state index contributed by atoms with van der Waals surface area (Å²) in [6.45, 7) is 5.52. The predicted molar refractivity (Wildman–Crippen MR) is 146 cm³/mol. The summed E-state index contributed by atoms with van der Waals surface area (Å²) in [7, 11) is 0. The topological polar surface area (TPSA) is 44.7 Å². The molecule has 0 bridgehead atoms. The van der Waals surface area contributed by atoms with E-state index in [4.69, 9.17) is 14.7 Å². The van der Waals surface area contributed by atoms with Crippen molar-refractivity contribution in [1.82, 2.24) is 14.9 Å². The highest BCUT2D eigenvalue weighted by Crippen LogP contribution is 2.41. The molecule has 5 heterocycles. The van der Waals surface area contributed by atoms with E-state index in [9.17, 15) is 0 Å². The average Bonchev–Trinajstić information content (AvgIpc) is 3.56. The third-order valence-electron chi connectivity index (χ3n) is 9.11. The second kappa shape index (κ2) is 9.43. The molecule has 0 spiro atoms. The monoisotopic (exact) mass is 501 g/mol. The van der Waals surface area contributed by atoms with Gasteiger partial charge in [-0.15, -0.1) is 0 Å². The van der Waals surface area contributed by atoms with Crippen LogP contribution in [0.25, 0.3) is 10.9 Å². The first-order valence-corrected chi connectivity index (χ1v) is 14.2. The summed E-state index contributed by atoms with van der Waals surface area (Å²) in [5.41, 5.74) is 3.40. The maximum Gasteiger partial charge on any atom is 0.319 e. The lowest BCUT2D eigenvalue weighted by Crippen LogP contribution is -2.43. The van der Waals surface area contributed by atoms with Crippen molar-refractivity contribution in [3.63, 3.8) is 0 Å². The number of rotatable bonds is 5. The molecule has 0 aliphatic carbocycles. The zero-order valence-electron chi connectivity index (χ0n) is 21.6. The fraction of sp³-hybridized carbons (Fsp3) is 0.533. The van der Waals surface area contributed by atoms with Gasteiger partial charge in [-0.1, -0.05) is 31.0 Å². The standard InChI is InChI=1S/C30H36FN5O/c31-26-25(36-20-13-22-9-3-4-10-24(22)36)12-11-23-27(26)32-29(33-28(23)34-16-5-1-2-6-17-34)37-21-30-14-7-18-35(30)19-8-15-30/h3-4,9-12H,1-2,5-8,13-21H2. The van der Waals surface area contributed by atoms with Crippen LogP contribution >= 0.6 is 0 Å². The van der Waals surface area contributed by atoms with Crippen LogP contribution in [0, 0.1) is 5.82 Å². The highest BCUT2D eigenvalue weighted by atomic mass is 19.1. The summed E-state index contributed by atoms with van der Waals surface area (Å²) in [6.07, 6.45) is 10.4. The van der Waals surface area contributed by atoms with Crippen molar-refractivity contribution in [2.24, 2.45) is 0 Å². The maximum absolute atomic E-state index is 16.4. The molecule has 0 atom stereocenters. The molecule has 1 aromatic heterocycles. The normalized spacial score (nSPS) is 21.3. The zero-order chi connectivity index (χ0) is 24.8. The molecular weight excluding hydrogens is 465 g/mol. The lowest BCUT2D eigenvalue weighted by molar-refractivity contribution is 0.108. The first-order chi connectivity index (χ1) is 18.2. The second-order valence-electron chi connectivity index (χ2n) is 11.3. The van der Waals surface area contributed by atoms with Crippen molar-refractivity contribution < 1.29 is 9.13 Å². The summed E-state index contributed by atoms with van der Waals surface area (Å²) in [4.78, 5) is 16.7. The van der Waals surface area contributed by atoms with Crippen LogP contribution in [-0.2, 0) is 6.42 Å². The number of nitrogens with zero attached hydrogens (tertiary/aromatic N) is 5. The van der Waals surface area contributed by atoms with E-state index >= 15 is 4.39 Å². The fourth-order valence-electron chi connectivity index (χ4n) is 7.16. The lowest BCUT2D eigenvalue weighted by Gasteiger charge is -2.31. The number of hydrogen-bond donors (Lipinski definition) is 0. The molecule has 4 aliphatic heterocycles. The van der Waals surface area contributed by atoms with Crippen molar-refractivity contribution in [1.29, 1.82) is 0 Å². The Labute approximate surface area is 218 Å². The third kappa shape index (κ3) is 4.02. The Hall–Kier alpha value is -2.93. The summed E-state index contributed by atoms with van der Waals surface area (Å²) < 4.78 is 22.7. The minimum atomic E-state index is -0.279. The average molecular weight is 502 g/mol. The Kier molecular flexibility index (Phi) is 5.91. The summed E-state index contributed by atoms with van der Waals surface area (Å²) in [6, 6.07) is 12.5. The minimum Gasteiger partial charge on any atom is -0.461 e. The van der Waals surface area contributed by atoms with Crippen molar-refractivity contribution in [3.8, 4) is 6.01 Å². The van der Waals surface area contributed by atoms with Gasteiger partial charge in [0, 0.05) is 30.7 Å². The van der Waals surface area contributed by atoms with Crippen LogP contribution in [0.3, 0.4) is 0 Å². The van der Waals surface area contributed by atoms with Gasteiger partial charge >= 0.3 is 6.01 Å².